The van der Waals surface area contributed by atoms with Crippen molar-refractivity contribution in [3.05, 3.63) is 40.2 Å². The predicted octanol–water partition coefficient (Wildman–Crippen LogP) is 2.59. The van der Waals surface area contributed by atoms with Gasteiger partial charge in [-0.1, -0.05) is 0 Å². The number of hydrogen-bond donors (Lipinski definition) is 4. The standard InChI is InChI=1S/C16H14FNO4/c1-6-2-11(19)9-5-18-4-8-7-3-10(17)13(20)14(21)16(7)22-15(6)12(8)9/h2-3,8,18-21H,4-5H2,1H3. The summed E-state index contributed by atoms with van der Waals surface area (Å²) in [6.07, 6.45) is 0. The zero-order valence-electron chi connectivity index (χ0n) is 11.8. The first-order chi connectivity index (χ1) is 10.5. The highest BCUT2D eigenvalue weighted by molar-refractivity contribution is 5.67. The van der Waals surface area contributed by atoms with Gasteiger partial charge in [-0.25, -0.2) is 4.39 Å². The number of halogens is 1. The number of phenolic OH excluding ortho intramolecular Hbond substituents is 3. The summed E-state index contributed by atoms with van der Waals surface area (Å²) in [6, 6.07) is 2.78. The second kappa shape index (κ2) is 4.27. The number of nitrogens with one attached hydrogen (secondary N) is 1. The van der Waals surface area contributed by atoms with E-state index in [1.807, 2.05) is 0 Å². The summed E-state index contributed by atoms with van der Waals surface area (Å²) in [4.78, 5) is 0. The van der Waals surface area contributed by atoms with Gasteiger partial charge in [-0.2, -0.15) is 0 Å². The molecule has 2 aliphatic rings. The van der Waals surface area contributed by atoms with Crippen LogP contribution >= 0.6 is 0 Å². The Balaban J connectivity index is 2.04. The van der Waals surface area contributed by atoms with Gasteiger partial charge in [0.15, 0.2) is 17.3 Å². The zero-order chi connectivity index (χ0) is 15.6. The number of aryl methyl sites for hydroxylation is 1. The number of phenols is 3. The van der Waals surface area contributed by atoms with E-state index in [9.17, 15) is 19.7 Å². The zero-order valence-corrected chi connectivity index (χ0v) is 11.8. The molecule has 0 bridgehead atoms. The first kappa shape index (κ1) is 13.2. The summed E-state index contributed by atoms with van der Waals surface area (Å²) in [6.45, 7) is 2.82. The maximum absolute atomic E-state index is 13.8. The van der Waals surface area contributed by atoms with Gasteiger partial charge in [-0.15, -0.1) is 0 Å². The van der Waals surface area contributed by atoms with E-state index in [2.05, 4.69) is 5.32 Å². The van der Waals surface area contributed by atoms with Crippen LogP contribution in [0.25, 0.3) is 0 Å². The normalized spacial score (nSPS) is 18.4. The quantitative estimate of drug-likeness (QED) is 0.562. The Kier molecular flexibility index (Phi) is 2.56. The van der Waals surface area contributed by atoms with Crippen molar-refractivity contribution < 1.29 is 24.4 Å². The highest BCUT2D eigenvalue weighted by atomic mass is 19.1. The molecule has 4 N–H and O–H groups in total. The Bertz CT molecular complexity index is 819. The number of benzene rings is 2. The summed E-state index contributed by atoms with van der Waals surface area (Å²) >= 11 is 0. The molecule has 0 amide bonds. The molecule has 2 aromatic rings. The van der Waals surface area contributed by atoms with Crippen molar-refractivity contribution in [2.24, 2.45) is 0 Å². The maximum atomic E-state index is 13.8. The summed E-state index contributed by atoms with van der Waals surface area (Å²) in [5.41, 5.74) is 2.71. The molecular formula is C16H14FNO4. The smallest absolute Gasteiger partial charge is 0.204 e. The number of fused-ring (bicyclic) bond motifs is 2. The van der Waals surface area contributed by atoms with Crippen LogP contribution in [0.15, 0.2) is 12.1 Å². The molecule has 4 rings (SSSR count). The van der Waals surface area contributed by atoms with Crippen LogP contribution in [0.3, 0.4) is 0 Å². The molecule has 2 aliphatic heterocycles. The van der Waals surface area contributed by atoms with Crippen molar-refractivity contribution in [3.8, 4) is 28.7 Å². The molecule has 0 fully saturated rings. The molecular weight excluding hydrogens is 289 g/mol. The Morgan fingerprint density at radius 2 is 1.95 bits per heavy atom. The molecule has 2 aromatic carbocycles. The molecule has 0 saturated heterocycles. The molecule has 0 spiro atoms. The molecule has 0 aromatic heterocycles. The Hall–Kier alpha value is -2.47. The number of ether oxygens (including phenoxy) is 1. The lowest BCUT2D eigenvalue weighted by Gasteiger charge is -2.35. The lowest BCUT2D eigenvalue weighted by atomic mass is 9.81. The largest absolute Gasteiger partial charge is 0.508 e. The minimum absolute atomic E-state index is 0.0693. The molecule has 5 nitrogen and oxygen atoms in total. The monoisotopic (exact) mass is 303 g/mol. The fourth-order valence-corrected chi connectivity index (χ4v) is 3.34. The van der Waals surface area contributed by atoms with Crippen LogP contribution in [0, 0.1) is 12.7 Å². The van der Waals surface area contributed by atoms with E-state index in [-0.39, 0.29) is 17.4 Å². The van der Waals surface area contributed by atoms with Crippen LogP contribution in [0.4, 0.5) is 4.39 Å². The van der Waals surface area contributed by atoms with Gasteiger partial charge in [0, 0.05) is 35.7 Å². The van der Waals surface area contributed by atoms with Gasteiger partial charge in [0.2, 0.25) is 5.75 Å². The molecule has 2 heterocycles. The summed E-state index contributed by atoms with van der Waals surface area (Å²) in [7, 11) is 0. The van der Waals surface area contributed by atoms with Crippen LogP contribution in [-0.2, 0) is 6.54 Å². The fourth-order valence-electron chi connectivity index (χ4n) is 3.34. The summed E-state index contributed by atoms with van der Waals surface area (Å²) in [5, 5.41) is 32.9. The van der Waals surface area contributed by atoms with Crippen LogP contribution < -0.4 is 10.1 Å². The Morgan fingerprint density at radius 3 is 2.73 bits per heavy atom. The molecule has 0 radical (unpaired) electrons. The van der Waals surface area contributed by atoms with Crippen molar-refractivity contribution in [2.45, 2.75) is 19.4 Å². The average Bonchev–Trinajstić information content (AvgIpc) is 2.50. The SMILES string of the molecule is Cc1cc(O)c2c3c1Oc1c(cc(F)c(O)c1O)C3CNC2. The van der Waals surface area contributed by atoms with E-state index in [4.69, 9.17) is 4.74 Å². The van der Waals surface area contributed by atoms with Gasteiger partial charge in [-0.05, 0) is 24.6 Å². The second-order valence-electron chi connectivity index (χ2n) is 5.69. The first-order valence-corrected chi connectivity index (χ1v) is 6.97. The number of rotatable bonds is 0. The van der Waals surface area contributed by atoms with Crippen molar-refractivity contribution >= 4 is 0 Å². The molecule has 1 unspecified atom stereocenters. The van der Waals surface area contributed by atoms with Crippen molar-refractivity contribution in [1.29, 1.82) is 0 Å². The Morgan fingerprint density at radius 1 is 1.18 bits per heavy atom. The van der Waals surface area contributed by atoms with E-state index >= 15 is 0 Å². The van der Waals surface area contributed by atoms with Crippen molar-refractivity contribution in [1.82, 2.24) is 5.32 Å². The third-order valence-electron chi connectivity index (χ3n) is 4.38. The third-order valence-corrected chi connectivity index (χ3v) is 4.38. The van der Waals surface area contributed by atoms with Crippen LogP contribution in [0.2, 0.25) is 0 Å². The average molecular weight is 303 g/mol. The number of hydrogen-bond acceptors (Lipinski definition) is 5. The minimum Gasteiger partial charge on any atom is -0.508 e. The molecule has 0 saturated carbocycles. The molecule has 22 heavy (non-hydrogen) atoms. The molecule has 114 valence electrons. The van der Waals surface area contributed by atoms with Crippen molar-refractivity contribution in [3.63, 3.8) is 0 Å². The van der Waals surface area contributed by atoms with Gasteiger partial charge in [0.25, 0.3) is 0 Å². The molecule has 1 atom stereocenters. The van der Waals surface area contributed by atoms with Crippen LogP contribution in [0.1, 0.15) is 28.2 Å². The third kappa shape index (κ3) is 1.55. The van der Waals surface area contributed by atoms with Gasteiger partial charge in [0.1, 0.15) is 11.5 Å². The van der Waals surface area contributed by atoms with Gasteiger partial charge in [-0.3, -0.25) is 0 Å². The number of aromatic hydroxyl groups is 3. The van der Waals surface area contributed by atoms with E-state index in [1.165, 1.54) is 6.07 Å². The van der Waals surface area contributed by atoms with Gasteiger partial charge in [0.05, 0.1) is 0 Å². The topological polar surface area (TPSA) is 82.0 Å². The highest BCUT2D eigenvalue weighted by Gasteiger charge is 2.37. The van der Waals surface area contributed by atoms with Gasteiger partial charge >= 0.3 is 0 Å². The summed E-state index contributed by atoms with van der Waals surface area (Å²) in [5.74, 6) is -1.78. The minimum atomic E-state index is -0.896. The predicted molar refractivity (Wildman–Crippen MR) is 76.2 cm³/mol. The van der Waals surface area contributed by atoms with E-state index < -0.39 is 17.3 Å². The molecule has 0 aliphatic carbocycles. The highest BCUT2D eigenvalue weighted by Crippen LogP contribution is 2.55. The lowest BCUT2D eigenvalue weighted by Crippen LogP contribution is -2.31. The van der Waals surface area contributed by atoms with E-state index in [1.54, 1.807) is 13.0 Å². The maximum Gasteiger partial charge on any atom is 0.204 e. The fraction of sp³-hybridized carbons (Fsp3) is 0.250. The van der Waals surface area contributed by atoms with Crippen LogP contribution in [-0.4, -0.2) is 21.9 Å². The van der Waals surface area contributed by atoms with E-state index in [0.29, 0.717) is 24.4 Å². The lowest BCUT2D eigenvalue weighted by molar-refractivity contribution is 0.340. The molecule has 6 heteroatoms. The second-order valence-corrected chi connectivity index (χ2v) is 5.69. The first-order valence-electron chi connectivity index (χ1n) is 6.97. The summed E-state index contributed by atoms with van der Waals surface area (Å²) < 4.78 is 19.6. The van der Waals surface area contributed by atoms with Crippen molar-refractivity contribution in [2.75, 3.05) is 6.54 Å². The van der Waals surface area contributed by atoms with Gasteiger partial charge < -0.3 is 25.4 Å². The Labute approximate surface area is 125 Å². The van der Waals surface area contributed by atoms with Crippen LogP contribution in [0.5, 0.6) is 28.7 Å². The van der Waals surface area contributed by atoms with E-state index in [0.717, 1.165) is 16.7 Å².